The average Bonchev–Trinajstić information content (AvgIpc) is 2.85. The summed E-state index contributed by atoms with van der Waals surface area (Å²) in [6.45, 7) is 0. The Kier molecular flexibility index (Phi) is 7.46. The number of rotatable bonds is 7. The van der Waals surface area contributed by atoms with E-state index in [1.807, 2.05) is 42.5 Å². The van der Waals surface area contributed by atoms with Gasteiger partial charge in [-0.25, -0.2) is 4.79 Å². The van der Waals surface area contributed by atoms with Crippen molar-refractivity contribution in [2.24, 2.45) is 5.92 Å². The van der Waals surface area contributed by atoms with Gasteiger partial charge >= 0.3 is 5.97 Å². The van der Waals surface area contributed by atoms with Crippen LogP contribution in [0.5, 0.6) is 0 Å². The van der Waals surface area contributed by atoms with Gasteiger partial charge in [-0.3, -0.25) is 4.79 Å². The normalized spacial score (nSPS) is 15.1. The van der Waals surface area contributed by atoms with E-state index in [0.29, 0.717) is 22.9 Å². The van der Waals surface area contributed by atoms with Gasteiger partial charge in [-0.15, -0.1) is 0 Å². The molecule has 5 heteroatoms. The number of benzene rings is 3. The monoisotopic (exact) mass is 461 g/mol. The summed E-state index contributed by atoms with van der Waals surface area (Å²) in [6, 6.07) is 22.3. The fourth-order valence-corrected chi connectivity index (χ4v) is 4.81. The van der Waals surface area contributed by atoms with Crippen molar-refractivity contribution in [3.8, 4) is 22.3 Å². The molecular formula is C28H28ClNO3. The maximum Gasteiger partial charge on any atom is 0.326 e. The van der Waals surface area contributed by atoms with Crippen molar-refractivity contribution in [1.29, 1.82) is 0 Å². The van der Waals surface area contributed by atoms with Crippen LogP contribution in [-0.2, 0) is 4.79 Å². The van der Waals surface area contributed by atoms with Gasteiger partial charge in [0.2, 0.25) is 0 Å². The summed E-state index contributed by atoms with van der Waals surface area (Å²) in [6.07, 6.45) is 6.01. The van der Waals surface area contributed by atoms with Gasteiger partial charge in [0, 0.05) is 16.1 Å². The van der Waals surface area contributed by atoms with Crippen molar-refractivity contribution >= 4 is 23.5 Å². The van der Waals surface area contributed by atoms with Crippen LogP contribution in [0.25, 0.3) is 22.3 Å². The van der Waals surface area contributed by atoms with Crippen molar-refractivity contribution in [3.05, 3.63) is 83.4 Å². The molecule has 0 aromatic heterocycles. The second-order valence-electron chi connectivity index (χ2n) is 8.74. The molecular weight excluding hydrogens is 434 g/mol. The molecule has 3 aromatic carbocycles. The fourth-order valence-electron chi connectivity index (χ4n) is 4.58. The van der Waals surface area contributed by atoms with Gasteiger partial charge in [-0.05, 0) is 47.2 Å². The van der Waals surface area contributed by atoms with Crippen LogP contribution in [0.4, 0.5) is 0 Å². The van der Waals surface area contributed by atoms with Gasteiger partial charge in [0.05, 0.1) is 0 Å². The van der Waals surface area contributed by atoms with Crippen LogP contribution in [0.3, 0.4) is 0 Å². The molecule has 1 atom stereocenters. The van der Waals surface area contributed by atoms with Crippen molar-refractivity contribution in [2.45, 2.75) is 44.6 Å². The van der Waals surface area contributed by atoms with Crippen LogP contribution in [-0.4, -0.2) is 23.0 Å². The first-order valence-corrected chi connectivity index (χ1v) is 11.9. The molecule has 0 heterocycles. The lowest BCUT2D eigenvalue weighted by molar-refractivity contribution is -0.139. The van der Waals surface area contributed by atoms with Crippen LogP contribution in [0, 0.1) is 5.92 Å². The topological polar surface area (TPSA) is 66.4 Å². The summed E-state index contributed by atoms with van der Waals surface area (Å²) in [5.41, 5.74) is 4.25. The molecule has 0 spiro atoms. The van der Waals surface area contributed by atoms with Crippen LogP contribution < -0.4 is 5.32 Å². The molecule has 1 aliphatic rings. The fraction of sp³-hybridized carbons (Fsp3) is 0.286. The van der Waals surface area contributed by atoms with Gasteiger partial charge in [-0.1, -0.05) is 98.3 Å². The second-order valence-corrected chi connectivity index (χ2v) is 9.15. The number of aliphatic carboxylic acids is 1. The summed E-state index contributed by atoms with van der Waals surface area (Å²) in [7, 11) is 0. The molecule has 1 aliphatic carbocycles. The van der Waals surface area contributed by atoms with Crippen LogP contribution in [0.15, 0.2) is 72.8 Å². The number of carboxylic acid groups (broad SMARTS) is 1. The van der Waals surface area contributed by atoms with E-state index in [1.54, 1.807) is 18.2 Å². The quantitative estimate of drug-likeness (QED) is 0.405. The highest BCUT2D eigenvalue weighted by Crippen LogP contribution is 2.31. The smallest absolute Gasteiger partial charge is 0.326 e. The van der Waals surface area contributed by atoms with Gasteiger partial charge < -0.3 is 10.4 Å². The SMILES string of the molecule is O=C(NC(CC1CCCCC1)C(=O)O)c1ccc(Cl)c(-c2ccc(-c3ccccc3)cc2)c1. The zero-order chi connectivity index (χ0) is 23.2. The van der Waals surface area contributed by atoms with E-state index in [-0.39, 0.29) is 0 Å². The van der Waals surface area contributed by atoms with Crippen molar-refractivity contribution < 1.29 is 14.7 Å². The molecule has 3 aromatic rings. The Balaban J connectivity index is 1.51. The summed E-state index contributed by atoms with van der Waals surface area (Å²) in [5, 5.41) is 12.9. The van der Waals surface area contributed by atoms with Gasteiger partial charge in [0.15, 0.2) is 0 Å². The van der Waals surface area contributed by atoms with Gasteiger partial charge in [-0.2, -0.15) is 0 Å². The minimum absolute atomic E-state index is 0.351. The number of hydrogen-bond donors (Lipinski definition) is 2. The van der Waals surface area contributed by atoms with Crippen LogP contribution >= 0.6 is 11.6 Å². The summed E-state index contributed by atoms with van der Waals surface area (Å²) in [5.74, 6) is -1.03. The van der Waals surface area contributed by atoms with Gasteiger partial charge in [0.1, 0.15) is 6.04 Å². The van der Waals surface area contributed by atoms with E-state index in [2.05, 4.69) is 17.4 Å². The number of carbonyl (C=O) groups is 2. The Bertz CT molecular complexity index is 1110. The minimum atomic E-state index is -0.986. The number of carbonyl (C=O) groups excluding carboxylic acids is 1. The number of amides is 1. The lowest BCUT2D eigenvalue weighted by Crippen LogP contribution is -2.42. The Hall–Kier alpha value is -3.11. The number of hydrogen-bond acceptors (Lipinski definition) is 2. The third-order valence-corrected chi connectivity index (χ3v) is 6.76. The molecule has 170 valence electrons. The Morgan fingerprint density at radius 1 is 0.879 bits per heavy atom. The standard InChI is InChI=1S/C28H28ClNO3/c29-25-16-15-23(27(31)30-26(28(32)33)17-19-7-3-1-4-8-19)18-24(25)22-13-11-21(12-14-22)20-9-5-2-6-10-20/h2,5-6,9-16,18-19,26H,1,3-4,7-8,17H2,(H,30,31)(H,32,33). The highest BCUT2D eigenvalue weighted by molar-refractivity contribution is 6.33. The minimum Gasteiger partial charge on any atom is -0.480 e. The highest BCUT2D eigenvalue weighted by Gasteiger charge is 2.26. The van der Waals surface area contributed by atoms with Gasteiger partial charge in [0.25, 0.3) is 5.91 Å². The number of nitrogens with one attached hydrogen (secondary N) is 1. The molecule has 1 unspecified atom stereocenters. The summed E-state index contributed by atoms with van der Waals surface area (Å²) < 4.78 is 0. The van der Waals surface area contributed by atoms with Crippen LogP contribution in [0.1, 0.15) is 48.9 Å². The van der Waals surface area contributed by atoms with Crippen molar-refractivity contribution in [3.63, 3.8) is 0 Å². The second kappa shape index (κ2) is 10.7. The lowest BCUT2D eigenvalue weighted by Gasteiger charge is -2.25. The highest BCUT2D eigenvalue weighted by atomic mass is 35.5. The molecule has 2 N–H and O–H groups in total. The van der Waals surface area contributed by atoms with E-state index in [0.717, 1.165) is 47.9 Å². The predicted octanol–water partition coefficient (Wildman–Crippen LogP) is 6.83. The van der Waals surface area contributed by atoms with E-state index in [1.165, 1.54) is 6.42 Å². The lowest BCUT2D eigenvalue weighted by atomic mass is 9.85. The molecule has 1 amide bonds. The first-order valence-electron chi connectivity index (χ1n) is 11.5. The molecule has 4 nitrogen and oxygen atoms in total. The maximum atomic E-state index is 12.9. The molecule has 1 fully saturated rings. The third kappa shape index (κ3) is 5.82. The maximum absolute atomic E-state index is 12.9. The van der Waals surface area contributed by atoms with E-state index >= 15 is 0 Å². The summed E-state index contributed by atoms with van der Waals surface area (Å²) >= 11 is 6.45. The number of carboxylic acids is 1. The Morgan fingerprint density at radius 3 is 2.18 bits per heavy atom. The molecule has 0 saturated heterocycles. The first kappa shape index (κ1) is 23.1. The zero-order valence-corrected chi connectivity index (χ0v) is 19.2. The first-order chi connectivity index (χ1) is 16.0. The van der Waals surface area contributed by atoms with E-state index < -0.39 is 17.9 Å². The largest absolute Gasteiger partial charge is 0.480 e. The molecule has 1 saturated carbocycles. The van der Waals surface area contributed by atoms with Crippen molar-refractivity contribution in [2.75, 3.05) is 0 Å². The van der Waals surface area contributed by atoms with E-state index in [9.17, 15) is 14.7 Å². The summed E-state index contributed by atoms with van der Waals surface area (Å²) in [4.78, 5) is 24.7. The Labute approximate surface area is 199 Å². The predicted molar refractivity (Wildman–Crippen MR) is 132 cm³/mol. The molecule has 4 rings (SSSR count). The Morgan fingerprint density at radius 2 is 1.52 bits per heavy atom. The van der Waals surface area contributed by atoms with Crippen LogP contribution in [0.2, 0.25) is 5.02 Å². The van der Waals surface area contributed by atoms with E-state index in [4.69, 9.17) is 11.6 Å². The molecule has 0 radical (unpaired) electrons. The van der Waals surface area contributed by atoms with Crippen molar-refractivity contribution in [1.82, 2.24) is 5.32 Å². The molecule has 0 bridgehead atoms. The zero-order valence-electron chi connectivity index (χ0n) is 18.5. The number of halogens is 1. The average molecular weight is 462 g/mol. The third-order valence-electron chi connectivity index (χ3n) is 6.43. The molecule has 0 aliphatic heterocycles. The molecule has 33 heavy (non-hydrogen) atoms.